The third-order valence-electron chi connectivity index (χ3n) is 4.53. The average Bonchev–Trinajstić information content (AvgIpc) is 2.99. The number of piperidine rings is 1. The van der Waals surface area contributed by atoms with Crippen LogP contribution in [0.15, 0.2) is 18.2 Å². The highest BCUT2D eigenvalue weighted by Gasteiger charge is 2.28. The Morgan fingerprint density at radius 2 is 2.17 bits per heavy atom. The van der Waals surface area contributed by atoms with Gasteiger partial charge < -0.3 is 10.2 Å². The lowest BCUT2D eigenvalue weighted by Crippen LogP contribution is -2.49. The van der Waals surface area contributed by atoms with E-state index in [0.29, 0.717) is 12.1 Å². The van der Waals surface area contributed by atoms with Crippen molar-refractivity contribution in [1.29, 1.82) is 0 Å². The summed E-state index contributed by atoms with van der Waals surface area (Å²) in [6.07, 6.45) is 4.91. The predicted molar refractivity (Wildman–Crippen MR) is 97.4 cm³/mol. The Labute approximate surface area is 149 Å². The Morgan fingerprint density at radius 1 is 1.38 bits per heavy atom. The molecule has 1 fully saturated rings. The van der Waals surface area contributed by atoms with Crippen molar-refractivity contribution in [2.45, 2.75) is 31.7 Å². The fourth-order valence-electron chi connectivity index (χ4n) is 3.33. The molecule has 134 valence electrons. The molecule has 0 aromatic heterocycles. The first-order valence-electron chi connectivity index (χ1n) is 8.06. The molecule has 0 saturated carbocycles. The molecule has 0 radical (unpaired) electrons. The van der Waals surface area contributed by atoms with Crippen LogP contribution in [0.5, 0.6) is 0 Å². The Hall–Kier alpha value is -1.31. The highest BCUT2D eigenvalue weighted by Crippen LogP contribution is 2.25. The Bertz CT molecular complexity index is 709. The number of fused-ring (bicyclic) bond motifs is 1. The standard InChI is InChI=1S/C16H23N3O3S.ClH/c1-23(21,22)18-11-14-4-2-3-9-19(14)16(20)13-5-6-15-12(10-13)7-8-17-15;/h5-6,10,14,17-18H,2-4,7-9,11H2,1H3;1H. The fourth-order valence-corrected chi connectivity index (χ4v) is 3.83. The second-order valence-corrected chi connectivity index (χ2v) is 8.15. The van der Waals surface area contributed by atoms with Gasteiger partial charge in [-0.05, 0) is 49.4 Å². The zero-order valence-electron chi connectivity index (χ0n) is 13.7. The number of likely N-dealkylation sites (tertiary alicyclic amines) is 1. The highest BCUT2D eigenvalue weighted by molar-refractivity contribution is 7.88. The van der Waals surface area contributed by atoms with Gasteiger partial charge in [0.25, 0.3) is 5.91 Å². The second kappa shape index (κ2) is 7.72. The summed E-state index contributed by atoms with van der Waals surface area (Å²) >= 11 is 0. The van der Waals surface area contributed by atoms with E-state index in [2.05, 4.69) is 10.0 Å². The number of nitrogens with one attached hydrogen (secondary N) is 2. The van der Waals surface area contributed by atoms with E-state index in [9.17, 15) is 13.2 Å². The number of benzene rings is 1. The van der Waals surface area contributed by atoms with Gasteiger partial charge in [0.15, 0.2) is 0 Å². The van der Waals surface area contributed by atoms with Crippen LogP contribution in [-0.2, 0) is 16.4 Å². The third-order valence-corrected chi connectivity index (χ3v) is 5.22. The lowest BCUT2D eigenvalue weighted by Gasteiger charge is -2.36. The molecule has 3 rings (SSSR count). The molecule has 1 saturated heterocycles. The molecule has 1 amide bonds. The predicted octanol–water partition coefficient (Wildman–Crippen LogP) is 1.62. The van der Waals surface area contributed by atoms with E-state index in [4.69, 9.17) is 0 Å². The highest BCUT2D eigenvalue weighted by atomic mass is 35.5. The summed E-state index contributed by atoms with van der Waals surface area (Å²) in [7, 11) is -3.24. The van der Waals surface area contributed by atoms with Gasteiger partial charge in [0, 0.05) is 36.9 Å². The summed E-state index contributed by atoms with van der Waals surface area (Å²) in [6.45, 7) is 1.89. The minimum atomic E-state index is -3.24. The number of rotatable bonds is 4. The minimum Gasteiger partial charge on any atom is -0.384 e. The van der Waals surface area contributed by atoms with Crippen molar-refractivity contribution in [2.75, 3.05) is 31.2 Å². The molecule has 1 aromatic rings. The normalized spacial score (nSPS) is 20.0. The number of amides is 1. The van der Waals surface area contributed by atoms with Gasteiger partial charge in [-0.25, -0.2) is 13.1 Å². The largest absolute Gasteiger partial charge is 0.384 e. The number of anilines is 1. The first kappa shape index (κ1) is 19.0. The summed E-state index contributed by atoms with van der Waals surface area (Å²) in [5, 5.41) is 3.29. The zero-order valence-corrected chi connectivity index (χ0v) is 15.4. The zero-order chi connectivity index (χ0) is 16.4. The molecule has 2 aliphatic rings. The van der Waals surface area contributed by atoms with E-state index < -0.39 is 10.0 Å². The van der Waals surface area contributed by atoms with Gasteiger partial charge in [-0.3, -0.25) is 4.79 Å². The smallest absolute Gasteiger partial charge is 0.254 e. The van der Waals surface area contributed by atoms with Crippen molar-refractivity contribution >= 4 is 34.0 Å². The van der Waals surface area contributed by atoms with Crippen LogP contribution in [0, 0.1) is 0 Å². The van der Waals surface area contributed by atoms with Crippen LogP contribution < -0.4 is 10.0 Å². The quantitative estimate of drug-likeness (QED) is 0.840. The van der Waals surface area contributed by atoms with Gasteiger partial charge in [0.2, 0.25) is 10.0 Å². The van der Waals surface area contributed by atoms with E-state index in [1.807, 2.05) is 23.1 Å². The number of hydrogen-bond acceptors (Lipinski definition) is 4. The first-order chi connectivity index (χ1) is 10.9. The monoisotopic (exact) mass is 373 g/mol. The Kier molecular flexibility index (Phi) is 6.11. The molecule has 1 aromatic carbocycles. The van der Waals surface area contributed by atoms with E-state index in [1.54, 1.807) is 0 Å². The van der Waals surface area contributed by atoms with E-state index in [0.717, 1.165) is 44.2 Å². The summed E-state index contributed by atoms with van der Waals surface area (Å²) in [5.41, 5.74) is 2.98. The number of hydrogen-bond donors (Lipinski definition) is 2. The van der Waals surface area contributed by atoms with Crippen LogP contribution in [0.3, 0.4) is 0 Å². The fraction of sp³-hybridized carbons (Fsp3) is 0.562. The van der Waals surface area contributed by atoms with Crippen LogP contribution in [0.2, 0.25) is 0 Å². The van der Waals surface area contributed by atoms with E-state index in [1.165, 1.54) is 5.56 Å². The average molecular weight is 374 g/mol. The molecule has 8 heteroatoms. The lowest BCUT2D eigenvalue weighted by molar-refractivity contribution is 0.0618. The molecule has 24 heavy (non-hydrogen) atoms. The van der Waals surface area contributed by atoms with Gasteiger partial charge in [-0.15, -0.1) is 12.4 Å². The van der Waals surface area contributed by atoms with Crippen LogP contribution in [0.4, 0.5) is 5.69 Å². The maximum atomic E-state index is 12.9. The lowest BCUT2D eigenvalue weighted by atomic mass is 10.00. The van der Waals surface area contributed by atoms with Crippen molar-refractivity contribution in [3.63, 3.8) is 0 Å². The van der Waals surface area contributed by atoms with Gasteiger partial charge in [-0.2, -0.15) is 0 Å². The first-order valence-corrected chi connectivity index (χ1v) is 9.95. The molecule has 0 aliphatic carbocycles. The summed E-state index contributed by atoms with van der Waals surface area (Å²) < 4.78 is 25.2. The molecular formula is C16H24ClN3O3S. The number of sulfonamides is 1. The van der Waals surface area contributed by atoms with Crippen LogP contribution >= 0.6 is 12.4 Å². The van der Waals surface area contributed by atoms with Gasteiger partial charge >= 0.3 is 0 Å². The van der Waals surface area contributed by atoms with Crippen LogP contribution in [-0.4, -0.2) is 51.2 Å². The molecule has 6 nitrogen and oxygen atoms in total. The Balaban J connectivity index is 0.00000208. The van der Waals surface area contributed by atoms with Gasteiger partial charge in [0.05, 0.1) is 6.26 Å². The van der Waals surface area contributed by atoms with Gasteiger partial charge in [0.1, 0.15) is 0 Å². The van der Waals surface area contributed by atoms with Crippen molar-refractivity contribution in [2.24, 2.45) is 0 Å². The summed E-state index contributed by atoms with van der Waals surface area (Å²) in [5.74, 6) is -0.000277. The molecule has 0 spiro atoms. The molecule has 0 bridgehead atoms. The third kappa shape index (κ3) is 4.40. The molecule has 2 heterocycles. The molecule has 1 unspecified atom stereocenters. The van der Waals surface area contributed by atoms with Crippen molar-refractivity contribution < 1.29 is 13.2 Å². The summed E-state index contributed by atoms with van der Waals surface area (Å²) in [4.78, 5) is 14.7. The molecule has 2 N–H and O–H groups in total. The second-order valence-electron chi connectivity index (χ2n) is 6.32. The maximum Gasteiger partial charge on any atom is 0.254 e. The number of carbonyl (C=O) groups excluding carboxylic acids is 1. The topological polar surface area (TPSA) is 78.5 Å². The molecule has 1 atom stereocenters. The van der Waals surface area contributed by atoms with Gasteiger partial charge in [-0.1, -0.05) is 0 Å². The van der Waals surface area contributed by atoms with Crippen molar-refractivity contribution in [1.82, 2.24) is 9.62 Å². The molecule has 2 aliphatic heterocycles. The number of carbonyl (C=O) groups is 1. The maximum absolute atomic E-state index is 12.9. The van der Waals surface area contributed by atoms with Crippen molar-refractivity contribution in [3.05, 3.63) is 29.3 Å². The van der Waals surface area contributed by atoms with Crippen LogP contribution in [0.1, 0.15) is 35.2 Å². The van der Waals surface area contributed by atoms with Crippen molar-refractivity contribution in [3.8, 4) is 0 Å². The number of nitrogens with zero attached hydrogens (tertiary/aromatic N) is 1. The molecular weight excluding hydrogens is 350 g/mol. The van der Waals surface area contributed by atoms with Crippen LogP contribution in [0.25, 0.3) is 0 Å². The van der Waals surface area contributed by atoms with E-state index in [-0.39, 0.29) is 30.9 Å². The summed E-state index contributed by atoms with van der Waals surface area (Å²) in [6, 6.07) is 5.71. The number of halogens is 1. The minimum absolute atomic E-state index is 0. The Morgan fingerprint density at radius 3 is 2.92 bits per heavy atom. The SMILES string of the molecule is CS(=O)(=O)NCC1CCCCN1C(=O)c1ccc2c(c1)CCN2.Cl. The van der Waals surface area contributed by atoms with E-state index >= 15 is 0 Å².